The molecule has 0 atom stereocenters. The highest BCUT2D eigenvalue weighted by Crippen LogP contribution is 2.46. The zero-order valence-corrected chi connectivity index (χ0v) is 35.9. The summed E-state index contributed by atoms with van der Waals surface area (Å²) in [7, 11) is 0. The molecule has 0 fully saturated rings. The third-order valence-corrected chi connectivity index (χ3v) is 12.4. The normalized spacial score (nSPS) is 11.3. The Labute approximate surface area is 374 Å². The van der Waals surface area contributed by atoms with Crippen LogP contribution in [0.1, 0.15) is 11.1 Å². The fraction of sp³-hybridized carbons (Fsp3) is 0.0333. The molecule has 0 N–H and O–H groups in total. The highest BCUT2D eigenvalue weighted by atomic mass is 15.1. The van der Waals surface area contributed by atoms with E-state index in [9.17, 15) is 0 Å². The molecule has 0 spiro atoms. The molecular weight excluding hydrogens is 777 g/mol. The second kappa shape index (κ2) is 16.5. The molecule has 64 heavy (non-hydrogen) atoms. The van der Waals surface area contributed by atoms with Crippen molar-refractivity contribution in [1.29, 1.82) is 0 Å². The topological polar surface area (TPSA) is 16.3 Å². The molecule has 2 aromatic heterocycles. The number of aromatic nitrogens is 2. The molecule has 0 aliphatic carbocycles. The van der Waals surface area contributed by atoms with Gasteiger partial charge in [0.25, 0.3) is 0 Å². The molecule has 2 heterocycles. The van der Waals surface area contributed by atoms with Gasteiger partial charge in [0.2, 0.25) is 0 Å². The van der Waals surface area contributed by atoms with Crippen LogP contribution in [0.4, 0.5) is 34.1 Å². The second-order valence-corrected chi connectivity index (χ2v) is 16.3. The molecule has 9 aromatic carbocycles. The van der Waals surface area contributed by atoms with Crippen LogP contribution in [0.3, 0.4) is 0 Å². The molecule has 4 nitrogen and oxygen atoms in total. The number of rotatable bonds is 10. The Morgan fingerprint density at radius 1 is 0.297 bits per heavy atom. The van der Waals surface area contributed by atoms with Crippen LogP contribution in [0.2, 0.25) is 0 Å². The maximum atomic E-state index is 2.51. The first-order valence-electron chi connectivity index (χ1n) is 22.0. The smallest absolute Gasteiger partial charge is 0.0634 e. The molecule has 11 aromatic rings. The summed E-state index contributed by atoms with van der Waals surface area (Å²) in [5.41, 5.74) is 18.4. The Morgan fingerprint density at radius 2 is 0.625 bits per heavy atom. The molecule has 0 radical (unpaired) electrons. The predicted molar refractivity (Wildman–Crippen MR) is 270 cm³/mol. The molecule has 0 unspecified atom stereocenters. The predicted octanol–water partition coefficient (Wildman–Crippen LogP) is 16.5. The van der Waals surface area contributed by atoms with Crippen LogP contribution < -0.4 is 9.80 Å². The Morgan fingerprint density at radius 3 is 1.02 bits per heavy atom. The van der Waals surface area contributed by atoms with Gasteiger partial charge < -0.3 is 18.9 Å². The summed E-state index contributed by atoms with van der Waals surface area (Å²) in [4.78, 5) is 4.63. The maximum Gasteiger partial charge on any atom is 0.0634 e. The molecule has 0 saturated carbocycles. The van der Waals surface area contributed by atoms with Crippen molar-refractivity contribution >= 4 is 55.9 Å². The van der Waals surface area contributed by atoms with E-state index in [0.29, 0.717) is 0 Å². The van der Waals surface area contributed by atoms with E-state index in [1.807, 2.05) is 0 Å². The largest absolute Gasteiger partial charge is 0.311 e. The van der Waals surface area contributed by atoms with Crippen LogP contribution in [0.5, 0.6) is 0 Å². The Bertz CT molecular complexity index is 3260. The van der Waals surface area contributed by atoms with E-state index in [-0.39, 0.29) is 0 Å². The van der Waals surface area contributed by atoms with E-state index in [2.05, 4.69) is 275 Å². The lowest BCUT2D eigenvalue weighted by Crippen LogP contribution is -2.10. The van der Waals surface area contributed by atoms with E-state index < -0.39 is 0 Å². The van der Waals surface area contributed by atoms with Crippen LogP contribution in [-0.4, -0.2) is 9.13 Å². The zero-order valence-electron chi connectivity index (χ0n) is 35.9. The Kier molecular flexibility index (Phi) is 9.95. The standard InChI is InChI=1S/C60H46N4/c1-43-55-41-42-56-57(44(2)59(46-23-11-4-12-24-46)63(56)53-37-33-51(34-38-53)61(47-25-13-5-14-26-47)48-27-15-6-16-28-48)60(55)64(58(43)45-21-9-3-10-22-45)54-39-35-52(36-40-54)62(49-29-17-7-18-30-49)50-31-19-8-20-32-50/h3-42H,1-2H3. The highest BCUT2D eigenvalue weighted by molar-refractivity contribution is 6.14. The first-order valence-corrected chi connectivity index (χ1v) is 22.0. The van der Waals surface area contributed by atoms with Crippen molar-refractivity contribution < 1.29 is 0 Å². The average molecular weight is 823 g/mol. The number of hydrogen-bond acceptors (Lipinski definition) is 2. The Hall–Kier alpha value is -8.34. The molecular formula is C60H46N4. The lowest BCUT2D eigenvalue weighted by molar-refractivity contribution is 1.12. The average Bonchev–Trinajstić information content (AvgIpc) is 3.84. The fourth-order valence-electron chi connectivity index (χ4n) is 9.60. The van der Waals surface area contributed by atoms with Crippen LogP contribution in [0.25, 0.3) is 55.7 Å². The van der Waals surface area contributed by atoms with Crippen LogP contribution in [0.15, 0.2) is 243 Å². The van der Waals surface area contributed by atoms with Crippen molar-refractivity contribution in [2.75, 3.05) is 9.80 Å². The van der Waals surface area contributed by atoms with Crippen molar-refractivity contribution in [3.63, 3.8) is 0 Å². The molecule has 0 bridgehead atoms. The van der Waals surface area contributed by atoms with Crippen molar-refractivity contribution in [2.45, 2.75) is 13.8 Å². The molecule has 0 aliphatic heterocycles. The maximum absolute atomic E-state index is 2.51. The number of fused-ring (bicyclic) bond motifs is 3. The first kappa shape index (κ1) is 38.6. The summed E-state index contributed by atoms with van der Waals surface area (Å²) < 4.78 is 4.97. The molecule has 11 rings (SSSR count). The first-order chi connectivity index (χ1) is 31.6. The number of aryl methyl sites for hydroxylation is 2. The molecule has 0 amide bonds. The molecule has 306 valence electrons. The minimum atomic E-state index is 1.09. The molecule has 0 aliphatic rings. The third-order valence-electron chi connectivity index (χ3n) is 12.4. The van der Waals surface area contributed by atoms with E-state index >= 15 is 0 Å². The molecule has 0 saturated heterocycles. The van der Waals surface area contributed by atoms with Crippen LogP contribution in [0, 0.1) is 13.8 Å². The van der Waals surface area contributed by atoms with Gasteiger partial charge in [-0.05, 0) is 139 Å². The van der Waals surface area contributed by atoms with Crippen LogP contribution in [-0.2, 0) is 0 Å². The van der Waals surface area contributed by atoms with Crippen molar-refractivity contribution in [3.8, 4) is 33.9 Å². The van der Waals surface area contributed by atoms with E-state index in [1.54, 1.807) is 0 Å². The van der Waals surface area contributed by atoms with Gasteiger partial charge in [-0.25, -0.2) is 0 Å². The molecule has 4 heteroatoms. The van der Waals surface area contributed by atoms with E-state index in [0.717, 1.165) is 51.0 Å². The summed E-state index contributed by atoms with van der Waals surface area (Å²) >= 11 is 0. The van der Waals surface area contributed by atoms with Gasteiger partial charge in [-0.2, -0.15) is 0 Å². The van der Waals surface area contributed by atoms with Crippen LogP contribution >= 0.6 is 0 Å². The SMILES string of the molecule is Cc1c(-c2ccccc2)n(-c2ccc(N(c3ccccc3)c3ccccc3)cc2)c2c1ccc1c2c(C)c(-c2ccccc2)n1-c1ccc(N(c2ccccc2)c2ccccc2)cc1. The zero-order chi connectivity index (χ0) is 43.0. The summed E-state index contributed by atoms with van der Waals surface area (Å²) in [6.45, 7) is 4.58. The summed E-state index contributed by atoms with van der Waals surface area (Å²) in [5.74, 6) is 0. The van der Waals surface area contributed by atoms with Gasteiger partial charge >= 0.3 is 0 Å². The number of hydrogen-bond donors (Lipinski definition) is 0. The van der Waals surface area contributed by atoms with Gasteiger partial charge in [-0.3, -0.25) is 0 Å². The summed E-state index contributed by atoms with van der Waals surface area (Å²) in [5, 5.41) is 2.47. The fourth-order valence-corrected chi connectivity index (χ4v) is 9.60. The second-order valence-electron chi connectivity index (χ2n) is 16.3. The highest BCUT2D eigenvalue weighted by Gasteiger charge is 2.26. The minimum Gasteiger partial charge on any atom is -0.311 e. The number of anilines is 6. The van der Waals surface area contributed by atoms with Crippen molar-refractivity contribution in [2.24, 2.45) is 0 Å². The summed E-state index contributed by atoms with van der Waals surface area (Å²) in [6.07, 6.45) is 0. The van der Waals surface area contributed by atoms with Crippen molar-refractivity contribution in [3.05, 3.63) is 254 Å². The minimum absolute atomic E-state index is 1.09. The van der Waals surface area contributed by atoms with Gasteiger partial charge in [0.15, 0.2) is 0 Å². The number of nitrogens with zero attached hydrogens (tertiary/aromatic N) is 4. The van der Waals surface area contributed by atoms with Gasteiger partial charge in [0.05, 0.1) is 22.4 Å². The number of benzene rings is 9. The van der Waals surface area contributed by atoms with E-state index in [4.69, 9.17) is 0 Å². The number of para-hydroxylation sites is 4. The lowest BCUT2D eigenvalue weighted by atomic mass is 10.0. The van der Waals surface area contributed by atoms with Crippen molar-refractivity contribution in [1.82, 2.24) is 9.13 Å². The summed E-state index contributed by atoms with van der Waals surface area (Å²) in [6, 6.07) is 86.9. The quantitative estimate of drug-likeness (QED) is 0.137. The van der Waals surface area contributed by atoms with Gasteiger partial charge in [0, 0.05) is 56.3 Å². The van der Waals surface area contributed by atoms with Gasteiger partial charge in [-0.1, -0.05) is 140 Å². The third kappa shape index (κ3) is 6.73. The monoisotopic (exact) mass is 822 g/mol. The lowest BCUT2D eigenvalue weighted by Gasteiger charge is -2.25. The van der Waals surface area contributed by atoms with Gasteiger partial charge in [-0.15, -0.1) is 0 Å². The van der Waals surface area contributed by atoms with E-state index in [1.165, 1.54) is 49.9 Å². The Balaban J connectivity index is 1.13. The van der Waals surface area contributed by atoms with Gasteiger partial charge in [0.1, 0.15) is 0 Å².